The zero-order valence-corrected chi connectivity index (χ0v) is 24.6. The molecule has 2 N–H and O–H groups in total. The zero-order chi connectivity index (χ0) is 30.5. The number of carbonyl (C=O) groups excluding carboxylic acids is 1. The second-order valence-corrected chi connectivity index (χ2v) is 16.7. The van der Waals surface area contributed by atoms with E-state index in [9.17, 15) is 26.7 Å². The van der Waals surface area contributed by atoms with E-state index in [-0.39, 0.29) is 18.1 Å². The molecule has 4 rings (SSSR count). The van der Waals surface area contributed by atoms with Crippen molar-refractivity contribution >= 4 is 30.8 Å². The predicted molar refractivity (Wildman–Crippen MR) is 150 cm³/mol. The Kier molecular flexibility index (Phi) is 10.1. The lowest BCUT2D eigenvalue weighted by atomic mass is 10.2. The van der Waals surface area contributed by atoms with Gasteiger partial charge in [-0.2, -0.15) is 13.2 Å². The molecular weight excluding hydrogens is 581 g/mol. The summed E-state index contributed by atoms with van der Waals surface area (Å²) in [5.74, 6) is -3.79. The molecule has 0 unspecified atom stereocenters. The minimum atomic E-state index is -4.80. The summed E-state index contributed by atoms with van der Waals surface area (Å²) in [7, 11) is -1.42. The minimum Gasteiger partial charge on any atom is -0.450 e. The van der Waals surface area contributed by atoms with E-state index in [1.54, 1.807) is 0 Å². The number of benzene rings is 1. The van der Waals surface area contributed by atoms with Gasteiger partial charge in [0.1, 0.15) is 18.1 Å². The molecule has 1 aliphatic rings. The number of carbonyl (C=O) groups is 1. The standard InChI is InChI=1S/C27H34F5N5O4Si/c1-42(2,3)13-12-40-17-37-16-19(27(30,31)32)23-22(4-5-33-25(23)37)41-24-20(28)14-18(15-21(24)29)35-26(38)34-6-7-36-8-10-39-11-9-36/h4-5,14-16H,6-13,17H2,1-3H3,(H2,34,35,38). The average molecular weight is 616 g/mol. The number of pyridine rings is 1. The van der Waals surface area contributed by atoms with Gasteiger partial charge >= 0.3 is 12.2 Å². The molecule has 15 heteroatoms. The summed E-state index contributed by atoms with van der Waals surface area (Å²) < 4.78 is 89.3. The van der Waals surface area contributed by atoms with E-state index in [4.69, 9.17) is 14.2 Å². The molecule has 2 amide bonds. The highest BCUT2D eigenvalue weighted by Gasteiger charge is 2.37. The number of rotatable bonds is 11. The van der Waals surface area contributed by atoms with Gasteiger partial charge in [-0.3, -0.25) is 4.90 Å². The quantitative estimate of drug-likeness (QED) is 0.159. The second kappa shape index (κ2) is 13.4. The fraction of sp³-hybridized carbons (Fsp3) is 0.481. The lowest BCUT2D eigenvalue weighted by Crippen LogP contribution is -2.42. The van der Waals surface area contributed by atoms with Crippen molar-refractivity contribution in [2.45, 2.75) is 38.6 Å². The number of urea groups is 1. The second-order valence-electron chi connectivity index (χ2n) is 11.1. The van der Waals surface area contributed by atoms with Gasteiger partial charge in [-0.15, -0.1) is 0 Å². The Morgan fingerprint density at radius 3 is 2.48 bits per heavy atom. The number of nitrogens with one attached hydrogen (secondary N) is 2. The Hall–Kier alpha value is -3.27. The number of ether oxygens (including phenoxy) is 3. The van der Waals surface area contributed by atoms with Crippen LogP contribution in [0, 0.1) is 11.6 Å². The third-order valence-corrected chi connectivity index (χ3v) is 8.24. The largest absolute Gasteiger partial charge is 0.450 e. The molecule has 3 heterocycles. The smallest absolute Gasteiger partial charge is 0.418 e. The van der Waals surface area contributed by atoms with Gasteiger partial charge < -0.3 is 29.4 Å². The molecule has 2 aromatic heterocycles. The van der Waals surface area contributed by atoms with Crippen LogP contribution in [0.15, 0.2) is 30.6 Å². The third-order valence-electron chi connectivity index (χ3n) is 6.54. The molecule has 1 aliphatic heterocycles. The normalized spacial score (nSPS) is 14.8. The van der Waals surface area contributed by atoms with Crippen LogP contribution in [0.1, 0.15) is 5.56 Å². The van der Waals surface area contributed by atoms with Crippen molar-refractivity contribution in [3.05, 3.63) is 47.8 Å². The molecule has 0 saturated carbocycles. The van der Waals surface area contributed by atoms with E-state index < -0.39 is 54.4 Å². The van der Waals surface area contributed by atoms with Gasteiger partial charge in [-0.05, 0) is 12.1 Å². The molecule has 42 heavy (non-hydrogen) atoms. The molecule has 0 aliphatic carbocycles. The van der Waals surface area contributed by atoms with E-state index in [1.165, 1.54) is 10.8 Å². The Bertz CT molecular complexity index is 1370. The maximum absolute atomic E-state index is 15.0. The highest BCUT2D eigenvalue weighted by Crippen LogP contribution is 2.42. The van der Waals surface area contributed by atoms with E-state index in [2.05, 4.69) is 40.2 Å². The van der Waals surface area contributed by atoms with Crippen LogP contribution in [0.3, 0.4) is 0 Å². The van der Waals surface area contributed by atoms with Gasteiger partial charge in [0.25, 0.3) is 0 Å². The van der Waals surface area contributed by atoms with Crippen LogP contribution in [0.4, 0.5) is 32.4 Å². The first-order valence-electron chi connectivity index (χ1n) is 13.5. The first kappa shape index (κ1) is 31.7. The molecule has 9 nitrogen and oxygen atoms in total. The number of hydrogen-bond acceptors (Lipinski definition) is 6. The molecule has 0 radical (unpaired) electrons. The van der Waals surface area contributed by atoms with Crippen molar-refractivity contribution in [3.8, 4) is 11.5 Å². The van der Waals surface area contributed by atoms with Gasteiger partial charge in [0.15, 0.2) is 17.4 Å². The van der Waals surface area contributed by atoms with Gasteiger partial charge in [0.2, 0.25) is 0 Å². The summed E-state index contributed by atoms with van der Waals surface area (Å²) >= 11 is 0. The first-order valence-corrected chi connectivity index (χ1v) is 17.2. The van der Waals surface area contributed by atoms with E-state index in [0.717, 1.165) is 43.5 Å². The third kappa shape index (κ3) is 8.39. The highest BCUT2D eigenvalue weighted by molar-refractivity contribution is 6.76. The fourth-order valence-electron chi connectivity index (χ4n) is 4.29. The van der Waals surface area contributed by atoms with Crippen LogP contribution in [-0.2, 0) is 22.4 Å². The summed E-state index contributed by atoms with van der Waals surface area (Å²) in [6.45, 7) is 10.2. The average Bonchev–Trinajstić information content (AvgIpc) is 3.29. The Morgan fingerprint density at radius 1 is 1.14 bits per heavy atom. The molecule has 0 atom stereocenters. The molecular formula is C27H34F5N5O4Si. The first-order chi connectivity index (χ1) is 19.8. The van der Waals surface area contributed by atoms with Crippen molar-refractivity contribution < 1.29 is 41.0 Å². The van der Waals surface area contributed by atoms with E-state index >= 15 is 0 Å². The lowest BCUT2D eigenvalue weighted by molar-refractivity contribution is -0.136. The van der Waals surface area contributed by atoms with Crippen LogP contribution in [0.2, 0.25) is 25.7 Å². The number of halogens is 5. The maximum atomic E-state index is 15.0. The van der Waals surface area contributed by atoms with Crippen molar-refractivity contribution in [1.82, 2.24) is 19.8 Å². The number of alkyl halides is 3. The van der Waals surface area contributed by atoms with Crippen molar-refractivity contribution in [2.75, 3.05) is 51.3 Å². The van der Waals surface area contributed by atoms with E-state index in [1.807, 2.05) is 0 Å². The molecule has 3 aromatic rings. The molecule has 1 fully saturated rings. The van der Waals surface area contributed by atoms with Crippen molar-refractivity contribution in [3.63, 3.8) is 0 Å². The molecule has 1 aromatic carbocycles. The van der Waals surface area contributed by atoms with E-state index in [0.29, 0.717) is 32.9 Å². The Labute approximate surface area is 240 Å². The SMILES string of the molecule is C[Si](C)(C)CCOCn1cc(C(F)(F)F)c2c(Oc3c(F)cc(NC(=O)NCCN4CCOCC4)cc3F)ccnc21. The maximum Gasteiger partial charge on any atom is 0.418 e. The Balaban J connectivity index is 1.49. The molecule has 1 saturated heterocycles. The van der Waals surface area contributed by atoms with Gasteiger partial charge in [0.05, 0.1) is 24.2 Å². The summed E-state index contributed by atoms with van der Waals surface area (Å²) in [6.07, 6.45) is -2.78. The lowest BCUT2D eigenvalue weighted by Gasteiger charge is -2.26. The minimum absolute atomic E-state index is 0.110. The molecule has 230 valence electrons. The number of fused-ring (bicyclic) bond motifs is 1. The van der Waals surface area contributed by atoms with Gasteiger partial charge in [-0.25, -0.2) is 18.6 Å². The monoisotopic (exact) mass is 615 g/mol. The Morgan fingerprint density at radius 2 is 1.83 bits per heavy atom. The van der Waals surface area contributed by atoms with Crippen LogP contribution in [0.25, 0.3) is 11.0 Å². The van der Waals surface area contributed by atoms with Crippen LogP contribution < -0.4 is 15.4 Å². The van der Waals surface area contributed by atoms with Gasteiger partial charge in [0, 0.05) is 71.1 Å². The van der Waals surface area contributed by atoms with Gasteiger partial charge in [-0.1, -0.05) is 19.6 Å². The van der Waals surface area contributed by atoms with Crippen LogP contribution >= 0.6 is 0 Å². The number of aromatic nitrogens is 2. The topological polar surface area (TPSA) is 89.9 Å². The zero-order valence-electron chi connectivity index (χ0n) is 23.6. The summed E-state index contributed by atoms with van der Waals surface area (Å²) in [4.78, 5) is 18.4. The number of nitrogens with zero attached hydrogens (tertiary/aromatic N) is 3. The molecule has 0 bridgehead atoms. The number of amides is 2. The van der Waals surface area contributed by atoms with Crippen molar-refractivity contribution in [1.29, 1.82) is 0 Å². The summed E-state index contributed by atoms with van der Waals surface area (Å²) in [6, 6.07) is 2.89. The van der Waals surface area contributed by atoms with Crippen molar-refractivity contribution in [2.24, 2.45) is 0 Å². The van der Waals surface area contributed by atoms with Crippen LogP contribution in [0.5, 0.6) is 11.5 Å². The van der Waals surface area contributed by atoms with Crippen LogP contribution in [-0.4, -0.2) is 74.6 Å². The number of hydrogen-bond donors (Lipinski definition) is 2. The highest BCUT2D eigenvalue weighted by atomic mass is 28.3. The predicted octanol–water partition coefficient (Wildman–Crippen LogP) is 5.89. The number of anilines is 1. The molecule has 0 spiro atoms. The fourth-order valence-corrected chi connectivity index (χ4v) is 5.05. The summed E-state index contributed by atoms with van der Waals surface area (Å²) in [5.41, 5.74) is -1.39. The number of morpholine rings is 1. The summed E-state index contributed by atoms with van der Waals surface area (Å²) in [5, 5.41) is 4.49.